The van der Waals surface area contributed by atoms with Gasteiger partial charge in [-0.2, -0.15) is 0 Å². The zero-order chi connectivity index (χ0) is 16.8. The number of halogens is 1. The number of rotatable bonds is 5. The molecule has 2 rings (SSSR count). The predicted molar refractivity (Wildman–Crippen MR) is 88.3 cm³/mol. The van der Waals surface area contributed by atoms with E-state index >= 15 is 0 Å². The third-order valence-corrected chi connectivity index (χ3v) is 3.21. The van der Waals surface area contributed by atoms with E-state index in [1.807, 2.05) is 6.92 Å². The molecule has 0 spiro atoms. The fourth-order valence-electron chi connectivity index (χ4n) is 2.04. The molecule has 5 heteroatoms. The highest BCUT2D eigenvalue weighted by molar-refractivity contribution is 6.02. The number of methoxy groups -OCH3 is 2. The fourth-order valence-corrected chi connectivity index (χ4v) is 2.04. The molecule has 0 bridgehead atoms. The third kappa shape index (κ3) is 4.32. The van der Waals surface area contributed by atoms with Crippen molar-refractivity contribution < 1.29 is 18.7 Å². The van der Waals surface area contributed by atoms with Crippen molar-refractivity contribution in [3.05, 3.63) is 59.4 Å². The molecular formula is C18H18FNO3. The van der Waals surface area contributed by atoms with Crippen molar-refractivity contribution in [3.8, 4) is 11.5 Å². The molecule has 0 fully saturated rings. The number of nitrogens with one attached hydrogen (secondary N) is 1. The number of benzene rings is 2. The van der Waals surface area contributed by atoms with Gasteiger partial charge in [-0.05, 0) is 48.4 Å². The molecular weight excluding hydrogens is 297 g/mol. The van der Waals surface area contributed by atoms with E-state index < -0.39 is 11.7 Å². The van der Waals surface area contributed by atoms with Crippen molar-refractivity contribution in [2.45, 2.75) is 6.92 Å². The number of carbonyl (C=O) groups excluding carboxylic acids is 1. The van der Waals surface area contributed by atoms with Crippen LogP contribution >= 0.6 is 0 Å². The van der Waals surface area contributed by atoms with Crippen LogP contribution in [0.5, 0.6) is 11.5 Å². The molecule has 0 aliphatic carbocycles. The first kappa shape index (κ1) is 16.5. The summed E-state index contributed by atoms with van der Waals surface area (Å²) in [5.74, 6) is 0.295. The zero-order valence-corrected chi connectivity index (χ0v) is 13.2. The number of hydrogen-bond acceptors (Lipinski definition) is 3. The van der Waals surface area contributed by atoms with Crippen LogP contribution in [0.2, 0.25) is 0 Å². The lowest BCUT2D eigenvalue weighted by Gasteiger charge is -2.07. The Kier molecular flexibility index (Phi) is 5.36. The second kappa shape index (κ2) is 7.45. The van der Waals surface area contributed by atoms with Gasteiger partial charge < -0.3 is 14.8 Å². The predicted octanol–water partition coefficient (Wildman–Crippen LogP) is 3.80. The summed E-state index contributed by atoms with van der Waals surface area (Å²) in [5.41, 5.74) is 1.79. The molecule has 0 atom stereocenters. The van der Waals surface area contributed by atoms with Crippen LogP contribution in [0.15, 0.2) is 42.5 Å². The Hall–Kier alpha value is -2.82. The van der Waals surface area contributed by atoms with Crippen molar-refractivity contribution in [2.75, 3.05) is 19.5 Å². The minimum Gasteiger partial charge on any atom is -0.493 e. The molecule has 1 amide bonds. The van der Waals surface area contributed by atoms with Crippen molar-refractivity contribution in [2.24, 2.45) is 0 Å². The van der Waals surface area contributed by atoms with Gasteiger partial charge in [-0.15, -0.1) is 0 Å². The number of aryl methyl sites for hydroxylation is 1. The van der Waals surface area contributed by atoms with Crippen LogP contribution < -0.4 is 14.8 Å². The first-order valence-electron chi connectivity index (χ1n) is 7.00. The lowest BCUT2D eigenvalue weighted by molar-refractivity contribution is -0.111. The lowest BCUT2D eigenvalue weighted by Crippen LogP contribution is -2.09. The van der Waals surface area contributed by atoms with E-state index in [-0.39, 0.29) is 5.69 Å². The van der Waals surface area contributed by atoms with Gasteiger partial charge in [-0.1, -0.05) is 12.1 Å². The molecule has 0 heterocycles. The van der Waals surface area contributed by atoms with Crippen LogP contribution in [0.1, 0.15) is 11.1 Å². The highest BCUT2D eigenvalue weighted by Crippen LogP contribution is 2.28. The van der Waals surface area contributed by atoms with E-state index in [2.05, 4.69) is 5.32 Å². The monoisotopic (exact) mass is 315 g/mol. The van der Waals surface area contributed by atoms with Gasteiger partial charge in [-0.3, -0.25) is 4.79 Å². The van der Waals surface area contributed by atoms with Crippen LogP contribution in [0.25, 0.3) is 6.08 Å². The van der Waals surface area contributed by atoms with Crippen molar-refractivity contribution in [1.82, 2.24) is 0 Å². The summed E-state index contributed by atoms with van der Waals surface area (Å²) in [6, 6.07) is 9.83. The van der Waals surface area contributed by atoms with Gasteiger partial charge in [0.25, 0.3) is 0 Å². The number of anilines is 1. The Balaban J connectivity index is 2.10. The molecule has 0 aliphatic rings. The molecule has 0 saturated carbocycles. The second-order valence-corrected chi connectivity index (χ2v) is 4.92. The van der Waals surface area contributed by atoms with Gasteiger partial charge >= 0.3 is 0 Å². The molecule has 1 N–H and O–H groups in total. The highest BCUT2D eigenvalue weighted by atomic mass is 19.1. The maximum Gasteiger partial charge on any atom is 0.248 e. The fraction of sp³-hybridized carbons (Fsp3) is 0.167. The molecule has 2 aromatic rings. The zero-order valence-electron chi connectivity index (χ0n) is 13.2. The molecule has 0 unspecified atom stereocenters. The highest BCUT2D eigenvalue weighted by Gasteiger charge is 2.06. The van der Waals surface area contributed by atoms with Crippen LogP contribution in [0, 0.1) is 12.7 Å². The largest absolute Gasteiger partial charge is 0.493 e. The molecule has 120 valence electrons. The average molecular weight is 315 g/mol. The van der Waals surface area contributed by atoms with Gasteiger partial charge in [0.1, 0.15) is 5.82 Å². The Morgan fingerprint density at radius 1 is 1.09 bits per heavy atom. The van der Waals surface area contributed by atoms with Crippen molar-refractivity contribution >= 4 is 17.7 Å². The van der Waals surface area contributed by atoms with Crippen LogP contribution in [0.3, 0.4) is 0 Å². The summed E-state index contributed by atoms with van der Waals surface area (Å²) in [4.78, 5) is 11.9. The number of amides is 1. The maximum absolute atomic E-state index is 13.6. The summed E-state index contributed by atoms with van der Waals surface area (Å²) < 4.78 is 24.0. The summed E-state index contributed by atoms with van der Waals surface area (Å²) >= 11 is 0. The quantitative estimate of drug-likeness (QED) is 0.854. The van der Waals surface area contributed by atoms with Crippen molar-refractivity contribution in [1.29, 1.82) is 0 Å². The summed E-state index contributed by atoms with van der Waals surface area (Å²) in [6.45, 7) is 1.83. The van der Waals surface area contributed by atoms with Crippen LogP contribution in [0.4, 0.5) is 10.1 Å². The third-order valence-electron chi connectivity index (χ3n) is 3.21. The number of ether oxygens (including phenoxy) is 2. The molecule has 0 radical (unpaired) electrons. The van der Waals surface area contributed by atoms with Gasteiger partial charge in [0.15, 0.2) is 11.5 Å². The molecule has 0 aromatic heterocycles. The molecule has 0 saturated heterocycles. The van der Waals surface area contributed by atoms with E-state index in [9.17, 15) is 9.18 Å². The van der Waals surface area contributed by atoms with Crippen LogP contribution in [-0.2, 0) is 4.79 Å². The molecule has 23 heavy (non-hydrogen) atoms. The van der Waals surface area contributed by atoms with Gasteiger partial charge in [0.2, 0.25) is 5.91 Å². The normalized spacial score (nSPS) is 10.6. The summed E-state index contributed by atoms with van der Waals surface area (Å²) in [7, 11) is 3.09. The van der Waals surface area contributed by atoms with E-state index in [1.54, 1.807) is 50.6 Å². The minimum atomic E-state index is -0.469. The summed E-state index contributed by atoms with van der Waals surface area (Å²) in [6.07, 6.45) is 2.95. The average Bonchev–Trinajstić information content (AvgIpc) is 2.56. The molecule has 4 nitrogen and oxygen atoms in total. The lowest BCUT2D eigenvalue weighted by atomic mass is 10.2. The van der Waals surface area contributed by atoms with E-state index in [0.29, 0.717) is 11.5 Å². The van der Waals surface area contributed by atoms with E-state index in [4.69, 9.17) is 9.47 Å². The van der Waals surface area contributed by atoms with E-state index in [0.717, 1.165) is 11.1 Å². The Labute approximate surface area is 134 Å². The van der Waals surface area contributed by atoms with Crippen LogP contribution in [-0.4, -0.2) is 20.1 Å². The molecule has 0 aliphatic heterocycles. The SMILES string of the molecule is COc1ccc(/C=C/C(=O)Nc2cc(C)ccc2F)cc1OC. The first-order valence-corrected chi connectivity index (χ1v) is 7.00. The van der Waals surface area contributed by atoms with Gasteiger partial charge in [-0.25, -0.2) is 4.39 Å². The van der Waals surface area contributed by atoms with Gasteiger partial charge in [0.05, 0.1) is 19.9 Å². The Morgan fingerprint density at radius 2 is 1.83 bits per heavy atom. The Morgan fingerprint density at radius 3 is 2.52 bits per heavy atom. The minimum absolute atomic E-state index is 0.159. The van der Waals surface area contributed by atoms with Crippen molar-refractivity contribution in [3.63, 3.8) is 0 Å². The molecule has 2 aromatic carbocycles. The van der Waals surface area contributed by atoms with Gasteiger partial charge in [0, 0.05) is 6.08 Å². The first-order chi connectivity index (χ1) is 11.0. The number of carbonyl (C=O) groups is 1. The Bertz CT molecular complexity index is 741. The summed E-state index contributed by atoms with van der Waals surface area (Å²) in [5, 5.41) is 2.52. The topological polar surface area (TPSA) is 47.6 Å². The number of hydrogen-bond donors (Lipinski definition) is 1. The second-order valence-electron chi connectivity index (χ2n) is 4.92. The van der Waals surface area contributed by atoms with E-state index in [1.165, 1.54) is 12.1 Å². The standard InChI is InChI=1S/C18H18FNO3/c1-12-4-7-14(19)15(10-12)20-18(21)9-6-13-5-8-16(22-2)17(11-13)23-3/h4-11H,1-3H3,(H,20,21)/b9-6+. The maximum atomic E-state index is 13.6. The smallest absolute Gasteiger partial charge is 0.248 e.